The summed E-state index contributed by atoms with van der Waals surface area (Å²) >= 11 is 5.69. The average Bonchev–Trinajstić information content (AvgIpc) is 2.80. The van der Waals surface area contributed by atoms with E-state index in [1.165, 1.54) is 6.07 Å². The van der Waals surface area contributed by atoms with Gasteiger partial charge in [-0.1, -0.05) is 24.6 Å². The lowest BCUT2D eigenvalue weighted by Crippen LogP contribution is -2.22. The summed E-state index contributed by atoms with van der Waals surface area (Å²) in [5, 5.41) is 3.50. The first-order valence-electron chi connectivity index (χ1n) is 6.33. The van der Waals surface area contributed by atoms with Gasteiger partial charge < -0.3 is 9.73 Å². The van der Waals surface area contributed by atoms with E-state index in [1.54, 1.807) is 6.07 Å². The normalized spacial score (nSPS) is 12.6. The lowest BCUT2D eigenvalue weighted by atomic mass is 10.0. The molecule has 1 atom stereocenters. The van der Waals surface area contributed by atoms with Crippen LogP contribution in [0.25, 0.3) is 0 Å². The predicted molar refractivity (Wildman–Crippen MR) is 75.0 cm³/mol. The third kappa shape index (κ3) is 3.58. The maximum atomic E-state index is 13.4. The summed E-state index contributed by atoms with van der Waals surface area (Å²) < 4.78 is 19.1. The molecule has 0 bridgehead atoms. The molecule has 4 heteroatoms. The van der Waals surface area contributed by atoms with Gasteiger partial charge in [0.1, 0.15) is 17.3 Å². The van der Waals surface area contributed by atoms with E-state index in [0.29, 0.717) is 6.42 Å². The minimum Gasteiger partial charge on any atom is -0.465 e. The minimum absolute atomic E-state index is 0.0410. The van der Waals surface area contributed by atoms with E-state index in [9.17, 15) is 4.39 Å². The Labute approximate surface area is 117 Å². The molecule has 2 nitrogen and oxygen atoms in total. The molecule has 0 aliphatic heterocycles. The van der Waals surface area contributed by atoms with Gasteiger partial charge in [-0.3, -0.25) is 0 Å². The van der Waals surface area contributed by atoms with Crippen molar-refractivity contribution in [2.45, 2.75) is 26.3 Å². The van der Waals surface area contributed by atoms with Crippen molar-refractivity contribution in [1.82, 2.24) is 5.32 Å². The topological polar surface area (TPSA) is 25.2 Å². The van der Waals surface area contributed by atoms with Crippen molar-refractivity contribution in [2.24, 2.45) is 0 Å². The quantitative estimate of drug-likeness (QED) is 0.885. The smallest absolute Gasteiger partial charge is 0.142 e. The Bertz CT molecular complexity index is 553. The van der Waals surface area contributed by atoms with Gasteiger partial charge in [0.25, 0.3) is 0 Å². The van der Waals surface area contributed by atoms with Crippen LogP contribution in [0.3, 0.4) is 0 Å². The minimum atomic E-state index is -0.384. The van der Waals surface area contributed by atoms with Crippen molar-refractivity contribution in [3.63, 3.8) is 0 Å². The Hall–Kier alpha value is -1.32. The number of hydrogen-bond donors (Lipinski definition) is 1. The number of rotatable bonds is 5. The number of furan rings is 1. The molecule has 1 N–H and O–H groups in total. The van der Waals surface area contributed by atoms with Crippen LogP contribution in [0.4, 0.5) is 4.39 Å². The summed E-state index contributed by atoms with van der Waals surface area (Å²) in [7, 11) is 0. The zero-order valence-corrected chi connectivity index (χ0v) is 11.8. The Kier molecular flexibility index (Phi) is 4.61. The second-order valence-electron chi connectivity index (χ2n) is 4.51. The van der Waals surface area contributed by atoms with Gasteiger partial charge in [0.05, 0.1) is 11.1 Å². The Morgan fingerprint density at radius 1 is 1.32 bits per heavy atom. The molecule has 1 aromatic heterocycles. The molecule has 0 saturated carbocycles. The number of nitrogens with one attached hydrogen (secondary N) is 1. The summed E-state index contributed by atoms with van der Waals surface area (Å²) in [5.41, 5.74) is 0.891. The molecule has 0 aliphatic rings. The fourth-order valence-electron chi connectivity index (χ4n) is 2.06. The third-order valence-electron chi connectivity index (χ3n) is 2.98. The summed E-state index contributed by atoms with van der Waals surface area (Å²) in [6, 6.07) is 8.83. The van der Waals surface area contributed by atoms with Crippen molar-refractivity contribution in [1.29, 1.82) is 0 Å². The van der Waals surface area contributed by atoms with Gasteiger partial charge in [0, 0.05) is 0 Å². The highest BCUT2D eigenvalue weighted by Crippen LogP contribution is 2.23. The standard InChI is InChI=1S/C15H17ClFNO/c1-3-18-14(15-7-4-10(2)19-15)9-11-5-6-12(16)13(17)8-11/h4-8,14,18H,3,9H2,1-2H3. The van der Waals surface area contributed by atoms with Gasteiger partial charge in [-0.2, -0.15) is 0 Å². The summed E-state index contributed by atoms with van der Waals surface area (Å²) in [5.74, 6) is 1.36. The first-order chi connectivity index (χ1) is 9.10. The zero-order valence-electron chi connectivity index (χ0n) is 11.0. The highest BCUT2D eigenvalue weighted by molar-refractivity contribution is 6.30. The van der Waals surface area contributed by atoms with Crippen molar-refractivity contribution in [3.05, 3.63) is 58.3 Å². The van der Waals surface area contributed by atoms with E-state index < -0.39 is 0 Å². The molecule has 1 unspecified atom stereocenters. The number of halogens is 2. The Morgan fingerprint density at radius 3 is 2.68 bits per heavy atom. The molecular weight excluding hydrogens is 265 g/mol. The molecule has 0 amide bonds. The number of aryl methyl sites for hydroxylation is 1. The van der Waals surface area contributed by atoms with Crippen molar-refractivity contribution >= 4 is 11.6 Å². The highest BCUT2D eigenvalue weighted by atomic mass is 35.5. The molecule has 0 fully saturated rings. The van der Waals surface area contributed by atoms with Gasteiger partial charge in [-0.25, -0.2) is 4.39 Å². The monoisotopic (exact) mass is 281 g/mol. The van der Waals surface area contributed by atoms with E-state index in [0.717, 1.165) is 23.6 Å². The molecule has 0 saturated heterocycles. The van der Waals surface area contributed by atoms with Crippen LogP contribution in [0.15, 0.2) is 34.7 Å². The number of hydrogen-bond acceptors (Lipinski definition) is 2. The van der Waals surface area contributed by atoms with Crippen LogP contribution in [0, 0.1) is 12.7 Å². The van der Waals surface area contributed by atoms with Crippen LogP contribution in [-0.4, -0.2) is 6.54 Å². The highest BCUT2D eigenvalue weighted by Gasteiger charge is 2.15. The van der Waals surface area contributed by atoms with Gasteiger partial charge >= 0.3 is 0 Å². The van der Waals surface area contributed by atoms with Crippen LogP contribution in [-0.2, 0) is 6.42 Å². The second kappa shape index (κ2) is 6.22. The first-order valence-corrected chi connectivity index (χ1v) is 6.71. The summed E-state index contributed by atoms with van der Waals surface area (Å²) in [4.78, 5) is 0. The lowest BCUT2D eigenvalue weighted by Gasteiger charge is -2.15. The number of likely N-dealkylation sites (N-methyl/N-ethyl adjacent to an activating group) is 1. The molecule has 0 spiro atoms. The molecule has 1 aromatic carbocycles. The summed E-state index contributed by atoms with van der Waals surface area (Å²) in [6.45, 7) is 4.76. The van der Waals surface area contributed by atoms with E-state index in [-0.39, 0.29) is 16.9 Å². The zero-order chi connectivity index (χ0) is 13.8. The van der Waals surface area contributed by atoms with Crippen LogP contribution < -0.4 is 5.32 Å². The van der Waals surface area contributed by atoms with Crippen LogP contribution in [0.1, 0.15) is 30.0 Å². The predicted octanol–water partition coefficient (Wildman–Crippen LogP) is 4.27. The SMILES string of the molecule is CCNC(Cc1ccc(Cl)c(F)c1)c1ccc(C)o1. The molecule has 2 rings (SSSR count). The van der Waals surface area contributed by atoms with Crippen molar-refractivity contribution < 1.29 is 8.81 Å². The summed E-state index contributed by atoms with van der Waals surface area (Å²) in [6.07, 6.45) is 0.662. The third-order valence-corrected chi connectivity index (χ3v) is 3.29. The van der Waals surface area contributed by atoms with E-state index in [1.807, 2.05) is 32.0 Å². The average molecular weight is 282 g/mol. The number of benzene rings is 1. The van der Waals surface area contributed by atoms with Gasteiger partial charge in [-0.15, -0.1) is 0 Å². The second-order valence-corrected chi connectivity index (χ2v) is 4.92. The molecule has 1 heterocycles. The fourth-order valence-corrected chi connectivity index (χ4v) is 2.18. The van der Waals surface area contributed by atoms with E-state index in [4.69, 9.17) is 16.0 Å². The van der Waals surface area contributed by atoms with E-state index in [2.05, 4.69) is 5.32 Å². The van der Waals surface area contributed by atoms with Crippen LogP contribution >= 0.6 is 11.6 Å². The molecule has 102 valence electrons. The van der Waals surface area contributed by atoms with Crippen molar-refractivity contribution in [2.75, 3.05) is 6.54 Å². The lowest BCUT2D eigenvalue weighted by molar-refractivity contribution is 0.403. The maximum Gasteiger partial charge on any atom is 0.142 e. The Balaban J connectivity index is 2.18. The van der Waals surface area contributed by atoms with Gasteiger partial charge in [0.2, 0.25) is 0 Å². The van der Waals surface area contributed by atoms with Crippen LogP contribution in [0.2, 0.25) is 5.02 Å². The van der Waals surface area contributed by atoms with Gasteiger partial charge in [0.15, 0.2) is 0 Å². The molecular formula is C15H17ClFNO. The van der Waals surface area contributed by atoms with E-state index >= 15 is 0 Å². The molecule has 0 radical (unpaired) electrons. The molecule has 2 aromatic rings. The first kappa shape index (κ1) is 14.1. The Morgan fingerprint density at radius 2 is 2.11 bits per heavy atom. The van der Waals surface area contributed by atoms with Gasteiger partial charge in [-0.05, 0) is 49.7 Å². The fraction of sp³-hybridized carbons (Fsp3) is 0.333. The van der Waals surface area contributed by atoms with Crippen LogP contribution in [0.5, 0.6) is 0 Å². The molecule has 0 aliphatic carbocycles. The largest absolute Gasteiger partial charge is 0.465 e. The molecule has 19 heavy (non-hydrogen) atoms. The maximum absolute atomic E-state index is 13.4. The van der Waals surface area contributed by atoms with Crippen molar-refractivity contribution in [3.8, 4) is 0 Å².